The molecule has 5 nitrogen and oxygen atoms in total. The number of carbonyl (C=O) groups is 2. The molecule has 1 rings (SSSR count). The fourth-order valence-electron chi connectivity index (χ4n) is 1.62. The molecule has 0 heterocycles. The molecule has 0 radical (unpaired) electrons. The van der Waals surface area contributed by atoms with Gasteiger partial charge in [-0.1, -0.05) is 36.2 Å². The number of carboxylic acid groups (broad SMARTS) is 1. The van der Waals surface area contributed by atoms with Crippen LogP contribution in [0.25, 0.3) is 0 Å². The van der Waals surface area contributed by atoms with Crippen molar-refractivity contribution in [2.24, 2.45) is 5.92 Å². The van der Waals surface area contributed by atoms with Crippen LogP contribution in [0, 0.1) is 5.92 Å². The number of hydrogen-bond donors (Lipinski definition) is 3. The van der Waals surface area contributed by atoms with Crippen LogP contribution in [0.2, 0.25) is 10.0 Å². The summed E-state index contributed by atoms with van der Waals surface area (Å²) in [5.74, 6) is -1.34. The summed E-state index contributed by atoms with van der Waals surface area (Å²) < 4.78 is 0. The molecule has 0 saturated carbocycles. The van der Waals surface area contributed by atoms with Crippen LogP contribution in [-0.4, -0.2) is 30.2 Å². The third-order valence-corrected chi connectivity index (χ3v) is 3.57. The molecule has 0 bridgehead atoms. The minimum Gasteiger partial charge on any atom is -0.481 e. The second-order valence-corrected chi connectivity index (χ2v) is 5.54. The molecular weight excluding hydrogens is 315 g/mol. The van der Waals surface area contributed by atoms with E-state index in [1.807, 2.05) is 6.07 Å². The van der Waals surface area contributed by atoms with E-state index in [2.05, 4.69) is 10.6 Å². The highest BCUT2D eigenvalue weighted by Crippen LogP contribution is 2.20. The normalized spacial score (nSPS) is 11.8. The van der Waals surface area contributed by atoms with E-state index in [0.717, 1.165) is 5.56 Å². The number of halogens is 2. The smallest absolute Gasteiger partial charge is 0.314 e. The van der Waals surface area contributed by atoms with Crippen molar-refractivity contribution in [1.29, 1.82) is 0 Å². The minimum absolute atomic E-state index is 0.320. The summed E-state index contributed by atoms with van der Waals surface area (Å²) in [4.78, 5) is 22.1. The lowest BCUT2D eigenvalue weighted by Gasteiger charge is -2.10. The molecule has 3 N–H and O–H groups in total. The van der Waals surface area contributed by atoms with Gasteiger partial charge in [0.25, 0.3) is 0 Å². The van der Waals surface area contributed by atoms with Crippen molar-refractivity contribution in [3.8, 4) is 0 Å². The number of urea groups is 1. The van der Waals surface area contributed by atoms with Crippen LogP contribution in [0.15, 0.2) is 18.2 Å². The summed E-state index contributed by atoms with van der Waals surface area (Å²) in [6.45, 7) is 2.35. The second-order valence-electron chi connectivity index (χ2n) is 4.70. The lowest BCUT2D eigenvalue weighted by Crippen LogP contribution is -2.37. The van der Waals surface area contributed by atoms with Gasteiger partial charge in [-0.05, 0) is 30.5 Å². The zero-order chi connectivity index (χ0) is 15.8. The van der Waals surface area contributed by atoms with Gasteiger partial charge in [-0.2, -0.15) is 0 Å². The molecule has 0 fully saturated rings. The third kappa shape index (κ3) is 6.69. The van der Waals surface area contributed by atoms with E-state index in [-0.39, 0.29) is 6.03 Å². The zero-order valence-electron chi connectivity index (χ0n) is 11.7. The fourth-order valence-corrected chi connectivity index (χ4v) is 2.13. The van der Waals surface area contributed by atoms with E-state index in [1.54, 1.807) is 19.1 Å². The fraction of sp³-hybridized carbons (Fsp3) is 0.429. The Balaban J connectivity index is 2.23. The van der Waals surface area contributed by atoms with Crippen LogP contribution in [0.1, 0.15) is 18.9 Å². The molecule has 0 aliphatic rings. The van der Waals surface area contributed by atoms with Gasteiger partial charge in [0.2, 0.25) is 0 Å². The summed E-state index contributed by atoms with van der Waals surface area (Å²) >= 11 is 11.8. The molecule has 1 aromatic rings. The molecule has 0 saturated heterocycles. The van der Waals surface area contributed by atoms with Crippen molar-refractivity contribution in [3.63, 3.8) is 0 Å². The monoisotopic (exact) mass is 332 g/mol. The number of hydrogen-bond acceptors (Lipinski definition) is 2. The molecule has 0 aromatic heterocycles. The topological polar surface area (TPSA) is 78.4 Å². The first-order valence-electron chi connectivity index (χ1n) is 6.58. The van der Waals surface area contributed by atoms with Gasteiger partial charge >= 0.3 is 12.0 Å². The molecule has 7 heteroatoms. The van der Waals surface area contributed by atoms with Crippen molar-refractivity contribution in [1.82, 2.24) is 10.6 Å². The SMILES string of the molecule is CC(CCNC(=O)NCCc1ccc(Cl)cc1Cl)C(=O)O. The minimum atomic E-state index is -0.866. The van der Waals surface area contributed by atoms with Crippen molar-refractivity contribution >= 4 is 35.2 Å². The van der Waals surface area contributed by atoms with Crippen LogP contribution < -0.4 is 10.6 Å². The Morgan fingerprint density at radius 3 is 2.52 bits per heavy atom. The van der Waals surface area contributed by atoms with Crippen molar-refractivity contribution < 1.29 is 14.7 Å². The summed E-state index contributed by atoms with van der Waals surface area (Å²) in [7, 11) is 0. The Morgan fingerprint density at radius 1 is 1.24 bits per heavy atom. The quantitative estimate of drug-likeness (QED) is 0.718. The van der Waals surface area contributed by atoms with Gasteiger partial charge in [-0.25, -0.2) is 4.79 Å². The van der Waals surface area contributed by atoms with Gasteiger partial charge in [-0.3, -0.25) is 4.79 Å². The van der Waals surface area contributed by atoms with Crippen LogP contribution in [-0.2, 0) is 11.2 Å². The van der Waals surface area contributed by atoms with Crippen LogP contribution in [0.4, 0.5) is 4.79 Å². The van der Waals surface area contributed by atoms with E-state index < -0.39 is 11.9 Å². The van der Waals surface area contributed by atoms with Crippen molar-refractivity contribution in [2.45, 2.75) is 19.8 Å². The largest absolute Gasteiger partial charge is 0.481 e. The zero-order valence-corrected chi connectivity index (χ0v) is 13.2. The standard InChI is InChI=1S/C14H18Cl2N2O3/c1-9(13(19)20)4-6-17-14(21)18-7-5-10-2-3-11(15)8-12(10)16/h2-3,8-9H,4-7H2,1H3,(H,19,20)(H2,17,18,21). The third-order valence-electron chi connectivity index (χ3n) is 2.98. The molecular formula is C14H18Cl2N2O3. The molecule has 1 aromatic carbocycles. The van der Waals surface area contributed by atoms with E-state index in [0.29, 0.717) is 36.0 Å². The Hall–Kier alpha value is -1.46. The summed E-state index contributed by atoms with van der Waals surface area (Å²) in [5.41, 5.74) is 0.904. The van der Waals surface area contributed by atoms with Crippen LogP contribution in [0.3, 0.4) is 0 Å². The van der Waals surface area contributed by atoms with Gasteiger partial charge in [-0.15, -0.1) is 0 Å². The average Bonchev–Trinajstić information content (AvgIpc) is 2.41. The Labute approximate surface area is 133 Å². The van der Waals surface area contributed by atoms with Gasteiger partial charge in [0.15, 0.2) is 0 Å². The summed E-state index contributed by atoms with van der Waals surface area (Å²) in [6.07, 6.45) is 0.987. The lowest BCUT2D eigenvalue weighted by atomic mass is 10.1. The number of rotatable bonds is 7. The maximum Gasteiger partial charge on any atom is 0.314 e. The summed E-state index contributed by atoms with van der Waals surface area (Å²) in [5, 5.41) is 15.1. The van der Waals surface area contributed by atoms with Gasteiger partial charge in [0, 0.05) is 23.1 Å². The predicted molar refractivity (Wildman–Crippen MR) is 83.0 cm³/mol. The Morgan fingerprint density at radius 2 is 1.90 bits per heavy atom. The van der Waals surface area contributed by atoms with Gasteiger partial charge in [0.1, 0.15) is 0 Å². The number of benzene rings is 1. The van der Waals surface area contributed by atoms with E-state index in [1.165, 1.54) is 0 Å². The highest BCUT2D eigenvalue weighted by molar-refractivity contribution is 6.35. The van der Waals surface area contributed by atoms with Crippen molar-refractivity contribution in [2.75, 3.05) is 13.1 Å². The number of amides is 2. The number of carbonyl (C=O) groups excluding carboxylic acids is 1. The lowest BCUT2D eigenvalue weighted by molar-refractivity contribution is -0.141. The number of aliphatic carboxylic acids is 1. The second kappa shape index (κ2) is 8.74. The molecule has 2 amide bonds. The van der Waals surface area contributed by atoms with E-state index >= 15 is 0 Å². The highest BCUT2D eigenvalue weighted by atomic mass is 35.5. The summed E-state index contributed by atoms with van der Waals surface area (Å²) in [6, 6.07) is 4.90. The molecule has 0 spiro atoms. The maximum atomic E-state index is 11.5. The Kier molecular flexibility index (Phi) is 7.32. The molecule has 21 heavy (non-hydrogen) atoms. The van der Waals surface area contributed by atoms with Gasteiger partial charge in [0.05, 0.1) is 5.92 Å². The van der Waals surface area contributed by atoms with Crippen LogP contribution >= 0.6 is 23.2 Å². The molecule has 0 aliphatic heterocycles. The predicted octanol–water partition coefficient (Wildman–Crippen LogP) is 2.95. The van der Waals surface area contributed by atoms with Crippen molar-refractivity contribution in [3.05, 3.63) is 33.8 Å². The number of carboxylic acids is 1. The van der Waals surface area contributed by atoms with Crippen LogP contribution in [0.5, 0.6) is 0 Å². The molecule has 1 unspecified atom stereocenters. The first-order valence-corrected chi connectivity index (χ1v) is 7.34. The average molecular weight is 333 g/mol. The first kappa shape index (κ1) is 17.6. The maximum absolute atomic E-state index is 11.5. The Bertz CT molecular complexity index is 509. The van der Waals surface area contributed by atoms with E-state index in [9.17, 15) is 9.59 Å². The molecule has 0 aliphatic carbocycles. The molecule has 116 valence electrons. The molecule has 1 atom stereocenters. The van der Waals surface area contributed by atoms with Gasteiger partial charge < -0.3 is 15.7 Å². The highest BCUT2D eigenvalue weighted by Gasteiger charge is 2.10. The first-order chi connectivity index (χ1) is 9.90. The van der Waals surface area contributed by atoms with E-state index in [4.69, 9.17) is 28.3 Å². The number of nitrogens with one attached hydrogen (secondary N) is 2.